The Bertz CT molecular complexity index is 3840. The first-order valence-electron chi connectivity index (χ1n) is 19.5. The van der Waals surface area contributed by atoms with E-state index in [9.17, 15) is 0 Å². The quantitative estimate of drug-likeness (QED) is 0.169. The van der Waals surface area contributed by atoms with Crippen molar-refractivity contribution in [3.8, 4) is 11.3 Å². The van der Waals surface area contributed by atoms with E-state index in [1.165, 1.54) is 90.5 Å². The Balaban J connectivity index is 1.26. The Hall–Kier alpha value is -7.14. The lowest BCUT2D eigenvalue weighted by molar-refractivity contribution is 0.808. The molecule has 264 valence electrons. The molecule has 3 aromatic heterocycles. The molecule has 3 nitrogen and oxygen atoms in total. The van der Waals surface area contributed by atoms with Crippen molar-refractivity contribution in [3.05, 3.63) is 182 Å². The second-order valence-electron chi connectivity index (χ2n) is 15.2. The Morgan fingerprint density at radius 1 is 0.386 bits per heavy atom. The number of hydrogen-bond donors (Lipinski definition) is 0. The van der Waals surface area contributed by atoms with E-state index in [4.69, 9.17) is 9.97 Å². The van der Waals surface area contributed by atoms with Gasteiger partial charge in [-0.2, -0.15) is 0 Å². The molecule has 0 N–H and O–H groups in total. The van der Waals surface area contributed by atoms with Crippen molar-refractivity contribution in [2.24, 2.45) is 0 Å². The highest BCUT2D eigenvalue weighted by molar-refractivity contribution is 7.26. The number of nitrogens with zero attached hydrogens (tertiary/aromatic N) is 3. The molecule has 0 saturated heterocycles. The minimum Gasteiger partial charge on any atom is -0.331 e. The van der Waals surface area contributed by atoms with Gasteiger partial charge in [0.1, 0.15) is 5.82 Å². The van der Waals surface area contributed by atoms with Crippen LogP contribution in [0, 0.1) is 0 Å². The third-order valence-electron chi connectivity index (χ3n) is 12.2. The number of hydrogen-bond acceptors (Lipinski definition) is 3. The summed E-state index contributed by atoms with van der Waals surface area (Å²) in [5.41, 5.74) is 5.50. The van der Waals surface area contributed by atoms with E-state index in [0.29, 0.717) is 6.54 Å². The highest BCUT2D eigenvalue weighted by atomic mass is 32.1. The zero-order valence-corrected chi connectivity index (χ0v) is 31.5. The maximum Gasteiger partial charge on any atom is 0.149 e. The van der Waals surface area contributed by atoms with Crippen molar-refractivity contribution >= 4 is 118 Å². The maximum atomic E-state index is 5.53. The minimum absolute atomic E-state index is 0.501. The average molecular weight is 742 g/mol. The first kappa shape index (κ1) is 31.1. The van der Waals surface area contributed by atoms with E-state index in [1.807, 2.05) is 11.3 Å². The predicted molar refractivity (Wildman–Crippen MR) is 244 cm³/mol. The molecule has 0 atom stereocenters. The lowest BCUT2D eigenvalue weighted by Crippen LogP contribution is -2.07. The van der Waals surface area contributed by atoms with Gasteiger partial charge in [-0.3, -0.25) is 0 Å². The van der Waals surface area contributed by atoms with Crippen LogP contribution in [-0.2, 0) is 6.54 Å². The summed E-state index contributed by atoms with van der Waals surface area (Å²) in [5.74, 6) is 0.793. The second kappa shape index (κ2) is 11.7. The zero-order chi connectivity index (χ0) is 37.2. The molecule has 4 heteroatoms. The number of rotatable bonds is 3. The van der Waals surface area contributed by atoms with E-state index in [2.05, 4.69) is 180 Å². The summed E-state index contributed by atoms with van der Waals surface area (Å²) in [7, 11) is 0. The Morgan fingerprint density at radius 2 is 0.947 bits per heavy atom. The van der Waals surface area contributed by atoms with E-state index in [0.717, 1.165) is 33.4 Å². The highest BCUT2D eigenvalue weighted by Crippen LogP contribution is 2.49. The van der Waals surface area contributed by atoms with Crippen molar-refractivity contribution in [3.63, 3.8) is 0 Å². The number of aromatic nitrogens is 3. The van der Waals surface area contributed by atoms with Gasteiger partial charge in [-0.05, 0) is 49.8 Å². The summed E-state index contributed by atoms with van der Waals surface area (Å²) in [6.45, 7) is 0.501. The summed E-state index contributed by atoms with van der Waals surface area (Å²) in [5, 5.41) is 18.7. The van der Waals surface area contributed by atoms with E-state index in [-0.39, 0.29) is 0 Å². The monoisotopic (exact) mass is 741 g/mol. The predicted octanol–water partition coefficient (Wildman–Crippen LogP) is 14.6. The lowest BCUT2D eigenvalue weighted by Gasteiger charge is -2.17. The van der Waals surface area contributed by atoms with Gasteiger partial charge in [0.05, 0.1) is 33.5 Å². The third-order valence-corrected chi connectivity index (χ3v) is 13.4. The molecular formula is C53H31N3S. The summed E-state index contributed by atoms with van der Waals surface area (Å²) in [4.78, 5) is 11.0. The van der Waals surface area contributed by atoms with Gasteiger partial charge in [-0.25, -0.2) is 9.97 Å². The first-order valence-corrected chi connectivity index (χ1v) is 20.4. The number of fused-ring (bicyclic) bond motifs is 20. The van der Waals surface area contributed by atoms with Gasteiger partial charge in [-0.1, -0.05) is 164 Å². The fourth-order valence-corrected chi connectivity index (χ4v) is 11.1. The zero-order valence-electron chi connectivity index (χ0n) is 30.7. The standard InChI is InChI=1S/C53H31N3S/c1-2-15-32(16-3-1)49-43-27-26-31-14-4-5-17-33(31)50(43)55-45(54-49)30-56-51-42(29-28-41-36-20-12-13-25-44(36)57-53(41)51)47-40-24-11-10-23-39(40)46-37-21-8-6-18-34(37)35-19-7-9-22-38(35)48(46)52(47)56/h1-29H,30H2. The van der Waals surface area contributed by atoms with Crippen LogP contribution in [0.25, 0.3) is 118 Å². The third kappa shape index (κ3) is 4.31. The molecule has 0 amide bonds. The molecule has 0 fully saturated rings. The van der Waals surface area contributed by atoms with Gasteiger partial charge in [-0.15, -0.1) is 11.3 Å². The lowest BCUT2D eigenvalue weighted by atomic mass is 9.89. The SMILES string of the molecule is c1ccc(-c2nc(Cn3c4c(ccc5c6ccccc6sc54)c4c5ccccc5c5c6ccccc6c6ccccc6c5c43)nc3c2ccc2ccccc23)cc1. The highest BCUT2D eigenvalue weighted by Gasteiger charge is 2.25. The van der Waals surface area contributed by atoms with Gasteiger partial charge in [0.15, 0.2) is 0 Å². The molecule has 3 heterocycles. The summed E-state index contributed by atoms with van der Waals surface area (Å²) in [6.07, 6.45) is 0. The Labute approximate surface area is 330 Å². The fourth-order valence-electron chi connectivity index (χ4n) is 9.83. The van der Waals surface area contributed by atoms with Crippen molar-refractivity contribution in [2.45, 2.75) is 6.54 Å². The van der Waals surface area contributed by atoms with Gasteiger partial charge in [0.25, 0.3) is 0 Å². The fraction of sp³-hybridized carbons (Fsp3) is 0.0189. The summed E-state index contributed by atoms with van der Waals surface area (Å²) in [6, 6.07) is 64.1. The van der Waals surface area contributed by atoms with Crippen molar-refractivity contribution in [1.29, 1.82) is 0 Å². The summed E-state index contributed by atoms with van der Waals surface area (Å²) >= 11 is 1.89. The van der Waals surface area contributed by atoms with Crippen LogP contribution in [0.15, 0.2) is 176 Å². The Kier molecular flexibility index (Phi) is 6.38. The molecule has 0 bridgehead atoms. The van der Waals surface area contributed by atoms with E-state index < -0.39 is 0 Å². The molecular weight excluding hydrogens is 711 g/mol. The van der Waals surface area contributed by atoms with Crippen LogP contribution in [-0.4, -0.2) is 14.5 Å². The maximum absolute atomic E-state index is 5.53. The molecule has 57 heavy (non-hydrogen) atoms. The molecule has 0 unspecified atom stereocenters. The van der Waals surface area contributed by atoms with E-state index >= 15 is 0 Å². The Morgan fingerprint density at radius 3 is 1.70 bits per heavy atom. The molecule has 0 aliphatic heterocycles. The molecule has 0 saturated carbocycles. The molecule has 13 aromatic rings. The van der Waals surface area contributed by atoms with Crippen LogP contribution in [0.5, 0.6) is 0 Å². The molecule has 0 aliphatic rings. The normalized spacial score (nSPS) is 12.3. The molecule has 10 aromatic carbocycles. The van der Waals surface area contributed by atoms with Crippen LogP contribution in [0.1, 0.15) is 5.82 Å². The summed E-state index contributed by atoms with van der Waals surface area (Å²) < 4.78 is 5.17. The second-order valence-corrected chi connectivity index (χ2v) is 16.2. The molecule has 0 aliphatic carbocycles. The largest absolute Gasteiger partial charge is 0.331 e. The van der Waals surface area contributed by atoms with E-state index in [1.54, 1.807) is 0 Å². The van der Waals surface area contributed by atoms with Gasteiger partial charge in [0, 0.05) is 53.4 Å². The van der Waals surface area contributed by atoms with Crippen molar-refractivity contribution < 1.29 is 0 Å². The van der Waals surface area contributed by atoms with Crippen LogP contribution >= 0.6 is 11.3 Å². The van der Waals surface area contributed by atoms with Gasteiger partial charge < -0.3 is 4.57 Å². The molecule has 0 spiro atoms. The molecule has 13 rings (SSSR count). The van der Waals surface area contributed by atoms with Crippen LogP contribution in [0.3, 0.4) is 0 Å². The van der Waals surface area contributed by atoms with Crippen LogP contribution < -0.4 is 0 Å². The van der Waals surface area contributed by atoms with Gasteiger partial charge >= 0.3 is 0 Å². The minimum atomic E-state index is 0.501. The van der Waals surface area contributed by atoms with Crippen molar-refractivity contribution in [1.82, 2.24) is 14.5 Å². The smallest absolute Gasteiger partial charge is 0.149 e. The first-order chi connectivity index (χ1) is 28.3. The topological polar surface area (TPSA) is 30.7 Å². The van der Waals surface area contributed by atoms with Crippen LogP contribution in [0.2, 0.25) is 0 Å². The average Bonchev–Trinajstić information content (AvgIpc) is 3.82. The van der Waals surface area contributed by atoms with Crippen molar-refractivity contribution in [2.75, 3.05) is 0 Å². The molecule has 0 radical (unpaired) electrons. The van der Waals surface area contributed by atoms with Crippen LogP contribution in [0.4, 0.5) is 0 Å². The number of benzene rings is 10. The van der Waals surface area contributed by atoms with Gasteiger partial charge in [0.2, 0.25) is 0 Å². The number of thiophene rings is 1.